The summed E-state index contributed by atoms with van der Waals surface area (Å²) in [6.45, 7) is 0. The minimum absolute atomic E-state index is 1.14. The molecular weight excluding hydrogens is 677 g/mol. The molecule has 0 aliphatic heterocycles. The zero-order chi connectivity index (χ0) is 37.0. The van der Waals surface area contributed by atoms with E-state index in [4.69, 9.17) is 0 Å². The summed E-state index contributed by atoms with van der Waals surface area (Å²) >= 11 is 0. The average molecular weight is 713 g/mol. The lowest BCUT2D eigenvalue weighted by molar-refractivity contribution is 1.17. The van der Waals surface area contributed by atoms with Gasteiger partial charge in [-0.25, -0.2) is 0 Å². The van der Waals surface area contributed by atoms with E-state index in [1.54, 1.807) is 0 Å². The maximum atomic E-state index is 2.41. The van der Waals surface area contributed by atoms with E-state index in [1.165, 1.54) is 88.1 Å². The molecule has 262 valence electrons. The zero-order valence-corrected chi connectivity index (χ0v) is 30.7. The lowest BCUT2D eigenvalue weighted by Crippen LogP contribution is -1.96. The maximum Gasteiger partial charge on any atom is 0.0542 e. The van der Waals surface area contributed by atoms with Crippen LogP contribution in [0.4, 0.5) is 0 Å². The van der Waals surface area contributed by atoms with Gasteiger partial charge in [-0.1, -0.05) is 152 Å². The van der Waals surface area contributed by atoms with E-state index >= 15 is 0 Å². The van der Waals surface area contributed by atoms with E-state index in [2.05, 4.69) is 228 Å². The van der Waals surface area contributed by atoms with Crippen LogP contribution in [0.15, 0.2) is 218 Å². The Kier molecular flexibility index (Phi) is 7.53. The Morgan fingerprint density at radius 2 is 0.518 bits per heavy atom. The van der Waals surface area contributed by atoms with Crippen LogP contribution in [0.1, 0.15) is 0 Å². The normalized spacial score (nSPS) is 11.6. The Morgan fingerprint density at radius 3 is 1.02 bits per heavy atom. The molecule has 0 fully saturated rings. The van der Waals surface area contributed by atoms with E-state index in [0.717, 1.165) is 11.4 Å². The molecule has 0 radical (unpaired) electrons. The standard InChI is InChI=1S/C54H36N2/c1-3-13-37(14-4-1)39-23-25-40(26-24-39)43-33-42(38-15-5-2-6-16-38)34-44(35-43)41-27-29-45(30-28-41)55-53-22-12-9-19-49(53)50-36-46(31-32-54(50)55)56-51-20-10-7-17-47(51)48-18-8-11-21-52(48)56/h1-36H. The number of nitrogens with zero attached hydrogens (tertiary/aromatic N) is 2. The molecule has 0 bridgehead atoms. The van der Waals surface area contributed by atoms with Gasteiger partial charge in [0.25, 0.3) is 0 Å². The number of hydrogen-bond donors (Lipinski definition) is 0. The second-order valence-electron chi connectivity index (χ2n) is 14.6. The van der Waals surface area contributed by atoms with E-state index < -0.39 is 0 Å². The summed E-state index contributed by atoms with van der Waals surface area (Å²) in [5, 5.41) is 5.02. The molecule has 0 aliphatic carbocycles. The monoisotopic (exact) mass is 712 g/mol. The van der Waals surface area contributed by atoms with Crippen molar-refractivity contribution >= 4 is 43.6 Å². The van der Waals surface area contributed by atoms with Gasteiger partial charge in [-0.05, 0) is 111 Å². The van der Waals surface area contributed by atoms with Crippen molar-refractivity contribution in [3.63, 3.8) is 0 Å². The Bertz CT molecular complexity index is 3150. The highest BCUT2D eigenvalue weighted by atomic mass is 15.0. The minimum Gasteiger partial charge on any atom is -0.309 e. The smallest absolute Gasteiger partial charge is 0.0542 e. The topological polar surface area (TPSA) is 9.86 Å². The van der Waals surface area contributed by atoms with Crippen molar-refractivity contribution < 1.29 is 0 Å². The zero-order valence-electron chi connectivity index (χ0n) is 30.7. The number of aromatic nitrogens is 2. The second-order valence-corrected chi connectivity index (χ2v) is 14.6. The summed E-state index contributed by atoms with van der Waals surface area (Å²) < 4.78 is 4.81. The summed E-state index contributed by atoms with van der Waals surface area (Å²) in [7, 11) is 0. The van der Waals surface area contributed by atoms with Gasteiger partial charge >= 0.3 is 0 Å². The first kappa shape index (κ1) is 32.0. The number of hydrogen-bond acceptors (Lipinski definition) is 0. The van der Waals surface area contributed by atoms with Crippen LogP contribution in [0.5, 0.6) is 0 Å². The Balaban J connectivity index is 1.01. The Labute approximate surface area is 325 Å². The van der Waals surface area contributed by atoms with Gasteiger partial charge in [-0.15, -0.1) is 0 Å². The van der Waals surface area contributed by atoms with Crippen molar-refractivity contribution in [3.8, 4) is 55.9 Å². The lowest BCUT2D eigenvalue weighted by atomic mass is 9.92. The van der Waals surface area contributed by atoms with Gasteiger partial charge < -0.3 is 9.13 Å². The fourth-order valence-electron chi connectivity index (χ4n) is 8.63. The summed E-state index contributed by atoms with van der Waals surface area (Å²) in [5.74, 6) is 0. The van der Waals surface area contributed by atoms with Crippen LogP contribution in [0.2, 0.25) is 0 Å². The number of rotatable bonds is 6. The first-order chi connectivity index (χ1) is 27.8. The third-order valence-electron chi connectivity index (χ3n) is 11.3. The quantitative estimate of drug-likeness (QED) is 0.162. The van der Waals surface area contributed by atoms with Crippen LogP contribution >= 0.6 is 0 Å². The molecule has 2 nitrogen and oxygen atoms in total. The van der Waals surface area contributed by atoms with Gasteiger partial charge in [-0.2, -0.15) is 0 Å². The molecule has 11 rings (SSSR count). The Hall–Kier alpha value is -7.42. The first-order valence-electron chi connectivity index (χ1n) is 19.3. The average Bonchev–Trinajstić information content (AvgIpc) is 3.79. The van der Waals surface area contributed by atoms with Crippen LogP contribution < -0.4 is 0 Å². The van der Waals surface area contributed by atoms with E-state index in [0.29, 0.717) is 0 Å². The van der Waals surface area contributed by atoms with Gasteiger partial charge in [0.2, 0.25) is 0 Å². The number of benzene rings is 9. The van der Waals surface area contributed by atoms with Crippen molar-refractivity contribution in [2.45, 2.75) is 0 Å². The van der Waals surface area contributed by atoms with Gasteiger partial charge in [-0.3, -0.25) is 0 Å². The summed E-state index contributed by atoms with van der Waals surface area (Å²) in [6.07, 6.45) is 0. The highest BCUT2D eigenvalue weighted by Gasteiger charge is 2.17. The van der Waals surface area contributed by atoms with E-state index in [9.17, 15) is 0 Å². The molecule has 2 aromatic heterocycles. The third kappa shape index (κ3) is 5.34. The van der Waals surface area contributed by atoms with Crippen molar-refractivity contribution in [2.24, 2.45) is 0 Å². The minimum atomic E-state index is 1.14. The van der Waals surface area contributed by atoms with Crippen molar-refractivity contribution in [2.75, 3.05) is 0 Å². The van der Waals surface area contributed by atoms with Gasteiger partial charge in [0.1, 0.15) is 0 Å². The van der Waals surface area contributed by atoms with E-state index in [-0.39, 0.29) is 0 Å². The largest absolute Gasteiger partial charge is 0.309 e. The fraction of sp³-hybridized carbons (Fsp3) is 0. The molecule has 0 amide bonds. The highest BCUT2D eigenvalue weighted by molar-refractivity contribution is 6.12. The molecule has 9 aromatic carbocycles. The molecule has 0 atom stereocenters. The van der Waals surface area contributed by atoms with E-state index in [1.807, 2.05) is 0 Å². The van der Waals surface area contributed by atoms with Crippen LogP contribution in [0.25, 0.3) is 99.5 Å². The molecule has 0 N–H and O–H groups in total. The molecule has 56 heavy (non-hydrogen) atoms. The van der Waals surface area contributed by atoms with Gasteiger partial charge in [0.05, 0.1) is 22.1 Å². The molecule has 11 aromatic rings. The van der Waals surface area contributed by atoms with Crippen molar-refractivity contribution in [3.05, 3.63) is 218 Å². The molecule has 0 unspecified atom stereocenters. The van der Waals surface area contributed by atoms with Crippen molar-refractivity contribution in [1.29, 1.82) is 0 Å². The SMILES string of the molecule is c1ccc(-c2ccc(-c3cc(-c4ccccc4)cc(-c4ccc(-n5c6ccccc6c6cc(-n7c8ccccc8c8ccccc87)ccc65)cc4)c3)cc2)cc1. The first-order valence-corrected chi connectivity index (χ1v) is 19.3. The molecular formula is C54H36N2. The molecule has 0 spiro atoms. The summed E-state index contributed by atoms with van der Waals surface area (Å²) in [5.41, 5.74) is 16.8. The highest BCUT2D eigenvalue weighted by Crippen LogP contribution is 2.38. The number of para-hydroxylation sites is 3. The maximum absolute atomic E-state index is 2.41. The molecule has 0 saturated heterocycles. The fourth-order valence-corrected chi connectivity index (χ4v) is 8.63. The summed E-state index contributed by atoms with van der Waals surface area (Å²) in [4.78, 5) is 0. The summed E-state index contributed by atoms with van der Waals surface area (Å²) in [6, 6.07) is 79.4. The van der Waals surface area contributed by atoms with Crippen LogP contribution in [0, 0.1) is 0 Å². The predicted molar refractivity (Wildman–Crippen MR) is 237 cm³/mol. The molecule has 0 saturated carbocycles. The van der Waals surface area contributed by atoms with Gasteiger partial charge in [0.15, 0.2) is 0 Å². The molecule has 2 heterocycles. The van der Waals surface area contributed by atoms with Crippen molar-refractivity contribution in [1.82, 2.24) is 9.13 Å². The second kappa shape index (κ2) is 13.2. The van der Waals surface area contributed by atoms with Crippen LogP contribution in [0.3, 0.4) is 0 Å². The predicted octanol–water partition coefficient (Wildman–Crippen LogP) is 14.5. The van der Waals surface area contributed by atoms with Gasteiger partial charge in [0, 0.05) is 32.9 Å². The van der Waals surface area contributed by atoms with Crippen LogP contribution in [-0.4, -0.2) is 9.13 Å². The molecule has 2 heteroatoms. The van der Waals surface area contributed by atoms with Crippen LogP contribution in [-0.2, 0) is 0 Å². The Morgan fingerprint density at radius 1 is 0.196 bits per heavy atom. The lowest BCUT2D eigenvalue weighted by Gasteiger charge is -2.13. The number of fused-ring (bicyclic) bond motifs is 6. The molecule has 0 aliphatic rings. The third-order valence-corrected chi connectivity index (χ3v) is 11.3.